The number of rotatable bonds is 6. The lowest BCUT2D eigenvalue weighted by Gasteiger charge is -2.13. The number of likely N-dealkylation sites (N-methyl/N-ethyl adjacent to an activating group) is 1. The molecule has 9 heteroatoms. The van der Waals surface area contributed by atoms with Gasteiger partial charge in [-0.2, -0.15) is 0 Å². The average Bonchev–Trinajstić information content (AvgIpc) is 3.51. The van der Waals surface area contributed by atoms with E-state index in [4.69, 9.17) is 10.5 Å². The van der Waals surface area contributed by atoms with E-state index in [2.05, 4.69) is 10.3 Å². The number of aryl methyl sites for hydroxylation is 1. The van der Waals surface area contributed by atoms with Crippen LogP contribution in [0.4, 0.5) is 11.5 Å². The van der Waals surface area contributed by atoms with Crippen molar-refractivity contribution in [1.29, 1.82) is 0 Å². The molecule has 5 rings (SSSR count). The molecule has 0 spiro atoms. The summed E-state index contributed by atoms with van der Waals surface area (Å²) in [4.78, 5) is 31.1. The smallest absolute Gasteiger partial charge is 0.272 e. The normalized spacial score (nSPS) is 11.4. The van der Waals surface area contributed by atoms with E-state index in [1.807, 2.05) is 65.5 Å². The minimum atomic E-state index is -0.229. The Morgan fingerprint density at radius 1 is 1.16 bits per heavy atom. The Hall–Kier alpha value is -4.63. The highest BCUT2D eigenvalue weighted by atomic mass is 32.1. The highest BCUT2D eigenvalue weighted by Gasteiger charge is 2.18. The van der Waals surface area contributed by atoms with E-state index in [-0.39, 0.29) is 11.8 Å². The van der Waals surface area contributed by atoms with E-state index in [1.165, 1.54) is 22.3 Å². The van der Waals surface area contributed by atoms with Crippen LogP contribution in [-0.2, 0) is 11.8 Å². The molecule has 0 aliphatic heterocycles. The Balaban J connectivity index is 1.48. The summed E-state index contributed by atoms with van der Waals surface area (Å²) in [6.45, 7) is 0. The Labute approximate surface area is 224 Å². The summed E-state index contributed by atoms with van der Waals surface area (Å²) in [5.74, 6) is 0.582. The summed E-state index contributed by atoms with van der Waals surface area (Å²) < 4.78 is 8.45. The Morgan fingerprint density at radius 2 is 1.95 bits per heavy atom. The van der Waals surface area contributed by atoms with Crippen molar-refractivity contribution < 1.29 is 14.3 Å². The van der Waals surface area contributed by atoms with Crippen LogP contribution < -0.4 is 15.8 Å². The first-order valence-corrected chi connectivity index (χ1v) is 12.8. The summed E-state index contributed by atoms with van der Waals surface area (Å²) in [7, 11) is 6.84. The van der Waals surface area contributed by atoms with Gasteiger partial charge in [0.25, 0.3) is 5.91 Å². The number of nitrogen functional groups attached to an aromatic ring is 1. The number of carbonyl (C=O) groups excluding carboxylic acids is 2. The number of carbonyl (C=O) groups is 2. The van der Waals surface area contributed by atoms with Gasteiger partial charge in [-0.3, -0.25) is 9.59 Å². The minimum absolute atomic E-state index is 0.113. The molecule has 0 fully saturated rings. The summed E-state index contributed by atoms with van der Waals surface area (Å²) in [5.41, 5.74) is 11.0. The summed E-state index contributed by atoms with van der Waals surface area (Å²) in [6.07, 6.45) is 4.94. The van der Waals surface area contributed by atoms with E-state index in [1.54, 1.807) is 33.5 Å². The molecular weight excluding hydrogens is 498 g/mol. The number of para-hydroxylation sites is 1. The summed E-state index contributed by atoms with van der Waals surface area (Å²) in [6, 6.07) is 15.3. The van der Waals surface area contributed by atoms with Crippen LogP contribution in [0.2, 0.25) is 0 Å². The molecule has 192 valence electrons. The van der Waals surface area contributed by atoms with Gasteiger partial charge in [0.15, 0.2) is 0 Å². The van der Waals surface area contributed by atoms with Crippen LogP contribution >= 0.6 is 11.3 Å². The lowest BCUT2D eigenvalue weighted by molar-refractivity contribution is -0.123. The number of ether oxygens (including phenoxy) is 1. The molecule has 5 aromatic rings. The van der Waals surface area contributed by atoms with E-state index in [0.717, 1.165) is 37.7 Å². The van der Waals surface area contributed by atoms with Gasteiger partial charge in [0.05, 0.1) is 12.8 Å². The van der Waals surface area contributed by atoms with E-state index in [9.17, 15) is 9.59 Å². The van der Waals surface area contributed by atoms with Crippen molar-refractivity contribution in [3.8, 4) is 16.9 Å². The van der Waals surface area contributed by atoms with E-state index in [0.29, 0.717) is 22.9 Å². The fourth-order valence-corrected chi connectivity index (χ4v) is 5.46. The van der Waals surface area contributed by atoms with E-state index < -0.39 is 0 Å². The number of benzene rings is 2. The number of pyridine rings is 1. The molecule has 38 heavy (non-hydrogen) atoms. The molecule has 3 aromatic heterocycles. The van der Waals surface area contributed by atoms with Gasteiger partial charge in [-0.25, -0.2) is 4.98 Å². The highest BCUT2D eigenvalue weighted by Crippen LogP contribution is 2.41. The van der Waals surface area contributed by atoms with Crippen molar-refractivity contribution >= 4 is 61.7 Å². The quantitative estimate of drug-likeness (QED) is 0.289. The second kappa shape index (κ2) is 10.0. The van der Waals surface area contributed by atoms with Crippen LogP contribution in [-0.4, -0.2) is 47.5 Å². The van der Waals surface area contributed by atoms with Gasteiger partial charge in [0.1, 0.15) is 17.3 Å². The maximum atomic E-state index is 13.2. The third-order valence-corrected chi connectivity index (χ3v) is 7.47. The summed E-state index contributed by atoms with van der Waals surface area (Å²) in [5, 5.41) is 6.80. The van der Waals surface area contributed by atoms with Crippen LogP contribution in [0, 0.1) is 0 Å². The molecule has 0 saturated carbocycles. The standard InChI is InChI=1S/C29H27N5O3S/c1-33(2)25(35)12-10-19-15-31-28(30)26-20(16-38-27(19)26)17-9-11-21(24(14-17)37-4)32-29(36)23-13-18-7-5-6-8-22(18)34(23)3/h5-16H,1-4H3,(H2,30,31)(H,32,36)/b12-10+. The average molecular weight is 526 g/mol. The highest BCUT2D eigenvalue weighted by molar-refractivity contribution is 7.18. The van der Waals surface area contributed by atoms with Crippen LogP contribution in [0.3, 0.4) is 0 Å². The second-order valence-electron chi connectivity index (χ2n) is 9.03. The van der Waals surface area contributed by atoms with Gasteiger partial charge >= 0.3 is 0 Å². The number of nitrogens with two attached hydrogens (primary N) is 1. The van der Waals surface area contributed by atoms with Crippen LogP contribution in [0.15, 0.2) is 66.2 Å². The maximum Gasteiger partial charge on any atom is 0.272 e. The second-order valence-corrected chi connectivity index (χ2v) is 9.91. The van der Waals surface area contributed by atoms with Crippen LogP contribution in [0.25, 0.3) is 38.2 Å². The van der Waals surface area contributed by atoms with Crippen molar-refractivity contribution in [2.75, 3.05) is 32.3 Å². The zero-order valence-corrected chi connectivity index (χ0v) is 22.3. The first-order valence-electron chi connectivity index (χ1n) is 11.9. The number of methoxy groups -OCH3 is 1. The molecule has 3 heterocycles. The Morgan fingerprint density at radius 3 is 2.68 bits per heavy atom. The van der Waals surface area contributed by atoms with Crippen molar-refractivity contribution in [2.24, 2.45) is 7.05 Å². The van der Waals surface area contributed by atoms with E-state index >= 15 is 0 Å². The first-order chi connectivity index (χ1) is 18.3. The fraction of sp³-hybridized carbons (Fsp3) is 0.138. The third kappa shape index (κ3) is 4.48. The zero-order valence-electron chi connectivity index (χ0n) is 21.5. The number of thiophene rings is 1. The first kappa shape index (κ1) is 25.0. The molecule has 0 bridgehead atoms. The number of nitrogens with zero attached hydrogens (tertiary/aromatic N) is 3. The molecule has 0 atom stereocenters. The van der Waals surface area contributed by atoms with Crippen molar-refractivity contribution in [2.45, 2.75) is 0 Å². The minimum Gasteiger partial charge on any atom is -0.495 e. The van der Waals surface area contributed by atoms with Gasteiger partial charge in [-0.05, 0) is 41.3 Å². The molecular formula is C29H27N5O3S. The zero-order chi connectivity index (χ0) is 27.0. The molecule has 0 saturated heterocycles. The SMILES string of the molecule is COc1cc(-c2csc3c(/C=C/C(=O)N(C)C)cnc(N)c23)ccc1NC(=O)c1cc2ccccc2n1C. The molecule has 0 aliphatic rings. The monoisotopic (exact) mass is 525 g/mol. The van der Waals surface area contributed by atoms with Gasteiger partial charge in [-0.1, -0.05) is 24.3 Å². The Bertz CT molecular complexity index is 1730. The van der Waals surface area contributed by atoms with Gasteiger partial charge in [0, 0.05) is 65.5 Å². The number of amides is 2. The number of hydrogen-bond donors (Lipinski definition) is 2. The maximum absolute atomic E-state index is 13.2. The number of fused-ring (bicyclic) bond motifs is 2. The molecule has 2 aromatic carbocycles. The predicted molar refractivity (Wildman–Crippen MR) is 155 cm³/mol. The lowest BCUT2D eigenvalue weighted by Crippen LogP contribution is -2.18. The van der Waals surface area contributed by atoms with Crippen molar-refractivity contribution in [1.82, 2.24) is 14.5 Å². The molecule has 2 amide bonds. The van der Waals surface area contributed by atoms with Crippen LogP contribution in [0.5, 0.6) is 5.75 Å². The lowest BCUT2D eigenvalue weighted by atomic mass is 10.0. The van der Waals surface area contributed by atoms with Crippen LogP contribution in [0.1, 0.15) is 16.1 Å². The predicted octanol–water partition coefficient (Wildman–Crippen LogP) is 5.40. The Kier molecular flexibility index (Phi) is 6.61. The number of hydrogen-bond acceptors (Lipinski definition) is 6. The topological polar surface area (TPSA) is 102 Å². The third-order valence-electron chi connectivity index (χ3n) is 6.44. The largest absolute Gasteiger partial charge is 0.495 e. The molecule has 0 unspecified atom stereocenters. The molecule has 3 N–H and O–H groups in total. The molecule has 0 radical (unpaired) electrons. The van der Waals surface area contributed by atoms with Gasteiger partial charge in [-0.15, -0.1) is 11.3 Å². The summed E-state index contributed by atoms with van der Waals surface area (Å²) >= 11 is 1.53. The number of anilines is 2. The number of nitrogens with one attached hydrogen (secondary N) is 1. The molecule has 8 nitrogen and oxygen atoms in total. The van der Waals surface area contributed by atoms with Gasteiger partial charge < -0.3 is 25.3 Å². The fourth-order valence-electron chi connectivity index (χ4n) is 4.38. The van der Waals surface area contributed by atoms with Crippen molar-refractivity contribution in [3.05, 3.63) is 77.4 Å². The van der Waals surface area contributed by atoms with Crippen molar-refractivity contribution in [3.63, 3.8) is 0 Å². The van der Waals surface area contributed by atoms with Gasteiger partial charge in [0.2, 0.25) is 5.91 Å². The molecule has 0 aliphatic carbocycles. The number of aromatic nitrogens is 2.